The number of aliphatic carboxylic acids is 1. The van der Waals surface area contributed by atoms with Crippen LogP contribution in [-0.2, 0) is 33.5 Å². The molecule has 3 aromatic rings. The molecule has 0 atom stereocenters. The van der Waals surface area contributed by atoms with E-state index < -0.39 is 29.6 Å². The highest BCUT2D eigenvalue weighted by atomic mass is 32.1. The van der Waals surface area contributed by atoms with E-state index in [1.54, 1.807) is 29.6 Å². The molecule has 1 aromatic heterocycles. The number of hydrogen-bond donors (Lipinski definition) is 3. The van der Waals surface area contributed by atoms with Crippen LogP contribution in [0.25, 0.3) is 0 Å². The fraction of sp³-hybridized carbons (Fsp3) is 0.250. The highest BCUT2D eigenvalue weighted by Crippen LogP contribution is 2.34. The third-order valence-corrected chi connectivity index (χ3v) is 5.67. The van der Waals surface area contributed by atoms with E-state index in [2.05, 4.69) is 15.6 Å². The fourth-order valence-electron chi connectivity index (χ4n) is 3.05. The zero-order valence-corrected chi connectivity index (χ0v) is 19.6. The van der Waals surface area contributed by atoms with Gasteiger partial charge in [-0.1, -0.05) is 24.3 Å². The van der Waals surface area contributed by atoms with Crippen molar-refractivity contribution in [2.45, 2.75) is 32.0 Å². The molecule has 0 saturated heterocycles. The van der Waals surface area contributed by atoms with Gasteiger partial charge in [-0.2, -0.15) is 13.2 Å². The number of halogens is 3. The van der Waals surface area contributed by atoms with Gasteiger partial charge in [0.2, 0.25) is 0 Å². The lowest BCUT2D eigenvalue weighted by Crippen LogP contribution is -2.13. The molecular formula is C24H22F3N3O5S. The van der Waals surface area contributed by atoms with Crippen molar-refractivity contribution < 1.29 is 37.4 Å². The second-order valence-electron chi connectivity index (χ2n) is 7.56. The van der Waals surface area contributed by atoms with E-state index in [1.807, 2.05) is 0 Å². The van der Waals surface area contributed by atoms with Gasteiger partial charge in [0.25, 0.3) is 5.91 Å². The van der Waals surface area contributed by atoms with Gasteiger partial charge in [0.05, 0.1) is 30.7 Å². The zero-order chi connectivity index (χ0) is 26.1. The summed E-state index contributed by atoms with van der Waals surface area (Å²) >= 11 is 1.19. The minimum absolute atomic E-state index is 0.0265. The number of alkyl halides is 3. The number of carboxylic acids is 1. The quantitative estimate of drug-likeness (QED) is 0.305. The van der Waals surface area contributed by atoms with Gasteiger partial charge in [-0.05, 0) is 29.8 Å². The Bertz CT molecular complexity index is 1210. The second-order valence-corrected chi connectivity index (χ2v) is 8.41. The molecule has 0 aliphatic rings. The molecule has 1 amide bonds. The lowest BCUT2D eigenvalue weighted by molar-refractivity contribution is -0.147. The van der Waals surface area contributed by atoms with Crippen LogP contribution in [0.5, 0.6) is 0 Å². The number of para-hydroxylation sites is 1. The number of nitrogens with one attached hydrogen (secondary N) is 2. The molecule has 3 N–H and O–H groups in total. The van der Waals surface area contributed by atoms with Gasteiger partial charge in [-0.3, -0.25) is 19.7 Å². The first kappa shape index (κ1) is 26.7. The van der Waals surface area contributed by atoms with Crippen LogP contribution in [0.3, 0.4) is 0 Å². The van der Waals surface area contributed by atoms with Gasteiger partial charge in [0, 0.05) is 29.6 Å². The molecule has 0 unspecified atom stereocenters. The van der Waals surface area contributed by atoms with E-state index in [0.29, 0.717) is 28.4 Å². The first-order chi connectivity index (χ1) is 17.1. The number of amides is 1. The molecule has 1 heterocycles. The number of carboxylic acid groups (broad SMARTS) is 1. The largest absolute Gasteiger partial charge is 0.481 e. The molecule has 0 aliphatic carbocycles. The summed E-state index contributed by atoms with van der Waals surface area (Å²) < 4.78 is 44.3. The molecule has 0 radical (unpaired) electrons. The molecule has 36 heavy (non-hydrogen) atoms. The number of benzene rings is 2. The highest BCUT2D eigenvalue weighted by molar-refractivity contribution is 7.14. The number of hydrogen-bond acceptors (Lipinski definition) is 7. The molecule has 2 aromatic carbocycles. The van der Waals surface area contributed by atoms with Gasteiger partial charge in [0.1, 0.15) is 0 Å². The molecule has 190 valence electrons. The third-order valence-electron chi connectivity index (χ3n) is 4.87. The van der Waals surface area contributed by atoms with E-state index in [1.165, 1.54) is 29.5 Å². The summed E-state index contributed by atoms with van der Waals surface area (Å²) in [6.07, 6.45) is -4.66. The Balaban J connectivity index is 1.48. The van der Waals surface area contributed by atoms with Crippen LogP contribution >= 0.6 is 11.3 Å². The number of rotatable bonds is 11. The van der Waals surface area contributed by atoms with E-state index in [4.69, 9.17) is 9.84 Å². The van der Waals surface area contributed by atoms with Gasteiger partial charge in [0.15, 0.2) is 5.13 Å². The maximum absolute atomic E-state index is 13.1. The molecule has 0 spiro atoms. The van der Waals surface area contributed by atoms with Crippen LogP contribution in [-0.4, -0.2) is 34.5 Å². The van der Waals surface area contributed by atoms with E-state index >= 15 is 0 Å². The molecule has 12 heteroatoms. The average molecular weight is 522 g/mol. The normalized spacial score (nSPS) is 11.1. The number of anilines is 2. The van der Waals surface area contributed by atoms with Crippen LogP contribution in [0.4, 0.5) is 24.0 Å². The number of carbonyl (C=O) groups excluding carboxylic acids is 2. The molecule has 3 rings (SSSR count). The minimum Gasteiger partial charge on any atom is -0.481 e. The first-order valence-corrected chi connectivity index (χ1v) is 11.6. The van der Waals surface area contributed by atoms with E-state index in [0.717, 1.165) is 6.07 Å². The summed E-state index contributed by atoms with van der Waals surface area (Å²) in [6.45, 7) is 0.185. The van der Waals surface area contributed by atoms with Crippen molar-refractivity contribution in [3.05, 3.63) is 76.3 Å². The molecule has 0 saturated carbocycles. The molecule has 0 bridgehead atoms. The standard InChI is InChI=1S/C24H22F3N3O5S/c25-24(26,27)18-3-1-2-4-19(18)28-13-15-5-7-16(8-6-15)22(34)30-23-29-17(14-36-23)11-12-35-21(33)10-9-20(31)32/h1-8,14,28H,9-13H2,(H,31,32)(H,29,30,34). The summed E-state index contributed by atoms with van der Waals surface area (Å²) in [5, 5.41) is 16.0. The lowest BCUT2D eigenvalue weighted by atomic mass is 10.1. The van der Waals surface area contributed by atoms with E-state index in [9.17, 15) is 27.6 Å². The summed E-state index contributed by atoms with van der Waals surface area (Å²) in [6, 6.07) is 11.6. The highest BCUT2D eigenvalue weighted by Gasteiger charge is 2.33. The van der Waals surface area contributed by atoms with Gasteiger partial charge >= 0.3 is 18.1 Å². The average Bonchev–Trinajstić information content (AvgIpc) is 3.28. The van der Waals surface area contributed by atoms with Crippen molar-refractivity contribution in [2.24, 2.45) is 0 Å². The maximum Gasteiger partial charge on any atom is 0.418 e. The number of nitrogens with zero attached hydrogens (tertiary/aromatic N) is 1. The van der Waals surface area contributed by atoms with Crippen molar-refractivity contribution in [1.29, 1.82) is 0 Å². The summed E-state index contributed by atoms with van der Waals surface area (Å²) in [7, 11) is 0. The smallest absolute Gasteiger partial charge is 0.418 e. The Labute approximate surface area is 208 Å². The SMILES string of the molecule is O=C(O)CCC(=O)OCCc1csc(NC(=O)c2ccc(CNc3ccccc3C(F)(F)F)cc2)n1. The van der Waals surface area contributed by atoms with Gasteiger partial charge in [-0.25, -0.2) is 4.98 Å². The Morgan fingerprint density at radius 3 is 2.44 bits per heavy atom. The van der Waals surface area contributed by atoms with Crippen molar-refractivity contribution in [3.8, 4) is 0 Å². The van der Waals surface area contributed by atoms with Crippen molar-refractivity contribution >= 4 is 40.0 Å². The number of carbonyl (C=O) groups is 3. The fourth-order valence-corrected chi connectivity index (χ4v) is 3.79. The summed E-state index contributed by atoms with van der Waals surface area (Å²) in [4.78, 5) is 38.6. The Morgan fingerprint density at radius 1 is 1.03 bits per heavy atom. The van der Waals surface area contributed by atoms with Crippen LogP contribution in [0.2, 0.25) is 0 Å². The maximum atomic E-state index is 13.1. The third kappa shape index (κ3) is 8.08. The molecule has 0 fully saturated rings. The van der Waals surface area contributed by atoms with Crippen LogP contribution in [0.1, 0.15) is 40.0 Å². The van der Waals surface area contributed by atoms with Crippen molar-refractivity contribution in [1.82, 2.24) is 4.98 Å². The topological polar surface area (TPSA) is 118 Å². The van der Waals surface area contributed by atoms with Crippen molar-refractivity contribution in [3.63, 3.8) is 0 Å². The number of thiazole rings is 1. The molecule has 0 aliphatic heterocycles. The summed E-state index contributed by atoms with van der Waals surface area (Å²) in [5.41, 5.74) is 0.861. The van der Waals surface area contributed by atoms with Gasteiger partial charge < -0.3 is 15.2 Å². The Kier molecular flexibility index (Phi) is 9.01. The first-order valence-electron chi connectivity index (χ1n) is 10.7. The van der Waals surface area contributed by atoms with Crippen LogP contribution in [0, 0.1) is 0 Å². The number of ether oxygens (including phenoxy) is 1. The predicted molar refractivity (Wildman–Crippen MR) is 127 cm³/mol. The summed E-state index contributed by atoms with van der Waals surface area (Å²) in [5.74, 6) is -2.09. The van der Waals surface area contributed by atoms with Gasteiger partial charge in [-0.15, -0.1) is 11.3 Å². The van der Waals surface area contributed by atoms with Crippen LogP contribution in [0.15, 0.2) is 53.9 Å². The van der Waals surface area contributed by atoms with Crippen LogP contribution < -0.4 is 10.6 Å². The lowest BCUT2D eigenvalue weighted by Gasteiger charge is -2.14. The number of aromatic nitrogens is 1. The zero-order valence-electron chi connectivity index (χ0n) is 18.8. The monoisotopic (exact) mass is 521 g/mol. The Hall–Kier alpha value is -3.93. The number of esters is 1. The Morgan fingerprint density at radius 2 is 1.75 bits per heavy atom. The predicted octanol–water partition coefficient (Wildman–Crippen LogP) is 4.98. The van der Waals surface area contributed by atoms with Crippen molar-refractivity contribution in [2.75, 3.05) is 17.2 Å². The molecule has 8 nitrogen and oxygen atoms in total. The van der Waals surface area contributed by atoms with E-state index in [-0.39, 0.29) is 31.7 Å². The second kappa shape index (κ2) is 12.2. The molecular weight excluding hydrogens is 499 g/mol. The minimum atomic E-state index is -4.46.